The summed E-state index contributed by atoms with van der Waals surface area (Å²) in [7, 11) is 1.65. The lowest BCUT2D eigenvalue weighted by atomic mass is 10.0. The SMILES string of the molecule is COCCOc1ccc2c(c1)ncn2-c1ccc2cccc(N3CCN(C(=O)C(C)(C)N)CC3)c2n1. The van der Waals surface area contributed by atoms with Crippen molar-refractivity contribution in [2.45, 2.75) is 19.4 Å². The number of hydrogen-bond acceptors (Lipinski definition) is 7. The number of amides is 1. The molecule has 2 aromatic heterocycles. The van der Waals surface area contributed by atoms with Crippen LogP contribution in [0.4, 0.5) is 5.69 Å². The number of pyridine rings is 1. The molecule has 0 unspecified atom stereocenters. The molecule has 0 saturated carbocycles. The molecule has 5 rings (SSSR count). The number of carbonyl (C=O) groups excluding carboxylic acids is 1. The van der Waals surface area contributed by atoms with Gasteiger partial charge in [0.25, 0.3) is 0 Å². The highest BCUT2D eigenvalue weighted by Crippen LogP contribution is 2.29. The van der Waals surface area contributed by atoms with Crippen molar-refractivity contribution < 1.29 is 14.3 Å². The smallest absolute Gasteiger partial charge is 0.242 e. The number of methoxy groups -OCH3 is 1. The Kier molecular flexibility index (Phi) is 6.51. The normalized spacial score (nSPS) is 14.6. The van der Waals surface area contributed by atoms with Crippen molar-refractivity contribution in [3.05, 3.63) is 54.9 Å². The Morgan fingerprint density at radius 2 is 1.86 bits per heavy atom. The van der Waals surface area contributed by atoms with Crippen molar-refractivity contribution in [2.24, 2.45) is 5.73 Å². The number of rotatable bonds is 7. The van der Waals surface area contributed by atoms with Gasteiger partial charge in [-0.05, 0) is 44.2 Å². The number of piperazine rings is 1. The Hall–Kier alpha value is -3.69. The molecular formula is C27H32N6O3. The molecule has 1 aliphatic heterocycles. The summed E-state index contributed by atoms with van der Waals surface area (Å²) in [6.45, 7) is 7.27. The number of fused-ring (bicyclic) bond motifs is 2. The van der Waals surface area contributed by atoms with Crippen LogP contribution in [0, 0.1) is 0 Å². The standard InChI is InChI=1S/C27H32N6O3/c1-27(2,28)26(34)32-13-11-31(12-14-32)23-6-4-5-19-7-10-24(30-25(19)23)33-18-29-21-17-20(8-9-22(21)33)36-16-15-35-3/h4-10,17-18H,11-16,28H2,1-3H3. The van der Waals surface area contributed by atoms with Crippen LogP contribution in [0.5, 0.6) is 5.75 Å². The van der Waals surface area contributed by atoms with Gasteiger partial charge in [0.2, 0.25) is 5.91 Å². The molecule has 1 amide bonds. The Labute approximate surface area is 210 Å². The van der Waals surface area contributed by atoms with Crippen LogP contribution >= 0.6 is 0 Å². The summed E-state index contributed by atoms with van der Waals surface area (Å²) in [6.07, 6.45) is 1.79. The first-order valence-corrected chi connectivity index (χ1v) is 12.2. The zero-order chi connectivity index (χ0) is 25.3. The van der Waals surface area contributed by atoms with Gasteiger partial charge in [-0.3, -0.25) is 9.36 Å². The fraction of sp³-hybridized carbons (Fsp3) is 0.370. The maximum Gasteiger partial charge on any atom is 0.242 e. The number of nitrogens with two attached hydrogens (primary N) is 1. The van der Waals surface area contributed by atoms with Gasteiger partial charge < -0.3 is 25.0 Å². The van der Waals surface area contributed by atoms with E-state index in [0.29, 0.717) is 26.3 Å². The van der Waals surface area contributed by atoms with E-state index in [1.807, 2.05) is 33.7 Å². The number of benzene rings is 2. The van der Waals surface area contributed by atoms with Crippen LogP contribution in [0.3, 0.4) is 0 Å². The Morgan fingerprint density at radius 1 is 1.06 bits per heavy atom. The number of aromatic nitrogens is 3. The topological polar surface area (TPSA) is 98.7 Å². The minimum Gasteiger partial charge on any atom is -0.491 e. The van der Waals surface area contributed by atoms with E-state index >= 15 is 0 Å². The predicted octanol–water partition coefficient (Wildman–Crippen LogP) is 2.98. The van der Waals surface area contributed by atoms with E-state index in [-0.39, 0.29) is 5.91 Å². The van der Waals surface area contributed by atoms with Gasteiger partial charge in [0.1, 0.15) is 24.5 Å². The zero-order valence-corrected chi connectivity index (χ0v) is 21.0. The van der Waals surface area contributed by atoms with E-state index in [2.05, 4.69) is 34.1 Å². The van der Waals surface area contributed by atoms with Gasteiger partial charge in [-0.25, -0.2) is 9.97 Å². The molecule has 0 bridgehead atoms. The third-order valence-electron chi connectivity index (χ3n) is 6.46. The molecule has 2 N–H and O–H groups in total. The van der Waals surface area contributed by atoms with Gasteiger partial charge in [0.15, 0.2) is 0 Å². The van der Waals surface area contributed by atoms with Crippen molar-refractivity contribution in [3.63, 3.8) is 0 Å². The molecule has 0 aliphatic carbocycles. The van der Waals surface area contributed by atoms with Gasteiger partial charge >= 0.3 is 0 Å². The van der Waals surface area contributed by atoms with Gasteiger partial charge in [0, 0.05) is 44.7 Å². The van der Waals surface area contributed by atoms with E-state index in [1.54, 1.807) is 27.3 Å². The zero-order valence-electron chi connectivity index (χ0n) is 21.0. The molecule has 0 radical (unpaired) electrons. The number of carbonyl (C=O) groups is 1. The highest BCUT2D eigenvalue weighted by Gasteiger charge is 2.30. The summed E-state index contributed by atoms with van der Waals surface area (Å²) in [5.74, 6) is 1.54. The molecule has 3 heterocycles. The predicted molar refractivity (Wildman–Crippen MR) is 141 cm³/mol. The molecule has 1 saturated heterocycles. The number of hydrogen-bond donors (Lipinski definition) is 1. The summed E-state index contributed by atoms with van der Waals surface area (Å²) in [5.41, 5.74) is 8.95. The molecule has 9 heteroatoms. The minimum absolute atomic E-state index is 0.0141. The summed E-state index contributed by atoms with van der Waals surface area (Å²) < 4.78 is 12.8. The highest BCUT2D eigenvalue weighted by atomic mass is 16.5. The fourth-order valence-electron chi connectivity index (χ4n) is 4.58. The summed E-state index contributed by atoms with van der Waals surface area (Å²) >= 11 is 0. The summed E-state index contributed by atoms with van der Waals surface area (Å²) in [6, 6.07) is 16.2. The second-order valence-corrected chi connectivity index (χ2v) is 9.63. The van der Waals surface area contributed by atoms with Gasteiger partial charge in [-0.1, -0.05) is 12.1 Å². The lowest BCUT2D eigenvalue weighted by Crippen LogP contribution is -2.57. The maximum atomic E-state index is 12.6. The van der Waals surface area contributed by atoms with E-state index < -0.39 is 5.54 Å². The molecule has 1 fully saturated rings. The molecule has 9 nitrogen and oxygen atoms in total. The molecule has 4 aromatic rings. The number of imidazole rings is 1. The molecule has 0 spiro atoms. The van der Waals surface area contributed by atoms with Crippen molar-refractivity contribution in [1.29, 1.82) is 0 Å². The van der Waals surface area contributed by atoms with Crippen LogP contribution in [0.2, 0.25) is 0 Å². The second-order valence-electron chi connectivity index (χ2n) is 9.63. The number of para-hydroxylation sites is 1. The van der Waals surface area contributed by atoms with Crippen LogP contribution in [0.1, 0.15) is 13.8 Å². The second kappa shape index (κ2) is 9.75. The molecule has 36 heavy (non-hydrogen) atoms. The Bertz CT molecular complexity index is 1390. The monoisotopic (exact) mass is 488 g/mol. The first kappa shape index (κ1) is 24.0. The lowest BCUT2D eigenvalue weighted by molar-refractivity contribution is -0.136. The average molecular weight is 489 g/mol. The molecule has 2 aromatic carbocycles. The quantitative estimate of drug-likeness (QED) is 0.399. The largest absolute Gasteiger partial charge is 0.491 e. The number of anilines is 1. The molecular weight excluding hydrogens is 456 g/mol. The van der Waals surface area contributed by atoms with Gasteiger partial charge in [0.05, 0.1) is 34.4 Å². The number of ether oxygens (including phenoxy) is 2. The number of nitrogens with zero attached hydrogens (tertiary/aromatic N) is 5. The van der Waals surface area contributed by atoms with Crippen molar-refractivity contribution in [3.8, 4) is 11.6 Å². The Balaban J connectivity index is 1.42. The first-order chi connectivity index (χ1) is 17.3. The maximum absolute atomic E-state index is 12.6. The molecule has 188 valence electrons. The van der Waals surface area contributed by atoms with Crippen molar-refractivity contribution in [2.75, 3.05) is 51.4 Å². The summed E-state index contributed by atoms with van der Waals surface area (Å²) in [4.78, 5) is 26.4. The van der Waals surface area contributed by atoms with Gasteiger partial charge in [-0.2, -0.15) is 0 Å². The van der Waals surface area contributed by atoms with E-state index in [9.17, 15) is 4.79 Å². The van der Waals surface area contributed by atoms with Gasteiger partial charge in [-0.15, -0.1) is 0 Å². The van der Waals surface area contributed by atoms with Crippen LogP contribution < -0.4 is 15.4 Å². The molecule has 1 aliphatic rings. The van der Waals surface area contributed by atoms with Crippen molar-refractivity contribution in [1.82, 2.24) is 19.4 Å². The van der Waals surface area contributed by atoms with Crippen LogP contribution in [0.25, 0.3) is 27.8 Å². The summed E-state index contributed by atoms with van der Waals surface area (Å²) in [5, 5.41) is 1.07. The molecule has 0 atom stereocenters. The fourth-order valence-corrected chi connectivity index (χ4v) is 4.58. The lowest BCUT2D eigenvalue weighted by Gasteiger charge is -2.38. The van der Waals surface area contributed by atoms with Crippen molar-refractivity contribution >= 4 is 33.5 Å². The first-order valence-electron chi connectivity index (χ1n) is 12.2. The third-order valence-corrected chi connectivity index (χ3v) is 6.46. The highest BCUT2D eigenvalue weighted by molar-refractivity contribution is 5.92. The van der Waals surface area contributed by atoms with E-state index in [1.165, 1.54) is 0 Å². The Morgan fingerprint density at radius 3 is 2.61 bits per heavy atom. The average Bonchev–Trinajstić information content (AvgIpc) is 3.31. The van der Waals surface area contributed by atoms with E-state index in [0.717, 1.165) is 52.3 Å². The minimum atomic E-state index is -0.859. The van der Waals surface area contributed by atoms with Crippen LogP contribution in [0.15, 0.2) is 54.9 Å². The van der Waals surface area contributed by atoms with E-state index in [4.69, 9.17) is 20.2 Å². The van der Waals surface area contributed by atoms with Crippen LogP contribution in [-0.2, 0) is 9.53 Å². The van der Waals surface area contributed by atoms with Crippen LogP contribution in [-0.4, -0.2) is 77.4 Å². The third kappa shape index (κ3) is 4.72.